The standard InChI is InChI=1S/C16H28N4O4S.HI/c1-13(12-24-4)20-16(17-2)18-11-14-6-5-7-15(10-14)25(21,22)19-8-9-23-3;/h5-7,10,13,19H,8-9,11-12H2,1-4H3,(H2,17,18,20);1H. The number of nitrogens with zero attached hydrogens (tertiary/aromatic N) is 1. The summed E-state index contributed by atoms with van der Waals surface area (Å²) in [6.45, 7) is 3.54. The van der Waals surface area contributed by atoms with Gasteiger partial charge in [0, 0.05) is 40.4 Å². The molecule has 1 aromatic carbocycles. The molecule has 0 aliphatic rings. The fourth-order valence-corrected chi connectivity index (χ4v) is 3.17. The van der Waals surface area contributed by atoms with Gasteiger partial charge >= 0.3 is 0 Å². The number of sulfonamides is 1. The predicted octanol–water partition coefficient (Wildman–Crippen LogP) is 0.929. The molecular formula is C16H29IN4O4S. The minimum absolute atomic E-state index is 0. The molecule has 150 valence electrons. The number of ether oxygens (including phenoxy) is 2. The van der Waals surface area contributed by atoms with Crippen molar-refractivity contribution in [2.45, 2.75) is 24.4 Å². The van der Waals surface area contributed by atoms with E-state index in [-0.39, 0.29) is 41.5 Å². The molecule has 0 amide bonds. The molecule has 0 spiro atoms. The second-order valence-corrected chi connectivity index (χ2v) is 7.23. The highest BCUT2D eigenvalue weighted by Crippen LogP contribution is 2.11. The van der Waals surface area contributed by atoms with Crippen molar-refractivity contribution in [2.24, 2.45) is 4.99 Å². The quantitative estimate of drug-likeness (QED) is 0.191. The van der Waals surface area contributed by atoms with Gasteiger partial charge in [0.05, 0.1) is 18.1 Å². The second-order valence-electron chi connectivity index (χ2n) is 5.46. The molecule has 1 atom stereocenters. The van der Waals surface area contributed by atoms with Crippen LogP contribution in [0.3, 0.4) is 0 Å². The molecular weight excluding hydrogens is 471 g/mol. The van der Waals surface area contributed by atoms with E-state index in [0.29, 0.717) is 25.7 Å². The van der Waals surface area contributed by atoms with Crippen LogP contribution in [0.25, 0.3) is 0 Å². The van der Waals surface area contributed by atoms with Gasteiger partial charge in [0.15, 0.2) is 5.96 Å². The average molecular weight is 500 g/mol. The van der Waals surface area contributed by atoms with Crippen LogP contribution in [0, 0.1) is 0 Å². The Morgan fingerprint density at radius 2 is 2.00 bits per heavy atom. The highest BCUT2D eigenvalue weighted by atomic mass is 127. The third kappa shape index (κ3) is 9.12. The van der Waals surface area contributed by atoms with Crippen LogP contribution in [0.4, 0.5) is 0 Å². The number of hydrogen-bond acceptors (Lipinski definition) is 5. The first-order valence-electron chi connectivity index (χ1n) is 7.96. The first-order chi connectivity index (χ1) is 11.9. The Kier molecular flexibility index (Phi) is 12.8. The van der Waals surface area contributed by atoms with E-state index >= 15 is 0 Å². The van der Waals surface area contributed by atoms with Crippen molar-refractivity contribution in [1.82, 2.24) is 15.4 Å². The summed E-state index contributed by atoms with van der Waals surface area (Å²) in [4.78, 5) is 4.36. The summed E-state index contributed by atoms with van der Waals surface area (Å²) in [5, 5.41) is 6.34. The maximum atomic E-state index is 12.2. The monoisotopic (exact) mass is 500 g/mol. The minimum Gasteiger partial charge on any atom is -0.383 e. The molecule has 0 saturated carbocycles. The van der Waals surface area contributed by atoms with Crippen LogP contribution in [0.5, 0.6) is 0 Å². The van der Waals surface area contributed by atoms with Gasteiger partial charge in [0.1, 0.15) is 0 Å². The van der Waals surface area contributed by atoms with Gasteiger partial charge < -0.3 is 20.1 Å². The number of halogens is 1. The second kappa shape index (κ2) is 13.3. The highest BCUT2D eigenvalue weighted by Gasteiger charge is 2.13. The summed E-state index contributed by atoms with van der Waals surface area (Å²) in [7, 11) is 1.29. The topological polar surface area (TPSA) is 101 Å². The lowest BCUT2D eigenvalue weighted by molar-refractivity contribution is 0.179. The van der Waals surface area contributed by atoms with Gasteiger partial charge in [-0.25, -0.2) is 13.1 Å². The number of benzene rings is 1. The fraction of sp³-hybridized carbons (Fsp3) is 0.562. The molecule has 1 aromatic rings. The highest BCUT2D eigenvalue weighted by molar-refractivity contribution is 14.0. The molecule has 1 rings (SSSR count). The number of hydrogen-bond donors (Lipinski definition) is 3. The molecule has 10 heteroatoms. The van der Waals surface area contributed by atoms with Gasteiger partial charge in [0.2, 0.25) is 10.0 Å². The van der Waals surface area contributed by atoms with Crippen LogP contribution >= 0.6 is 24.0 Å². The van der Waals surface area contributed by atoms with Gasteiger partial charge in [-0.3, -0.25) is 4.99 Å². The van der Waals surface area contributed by atoms with Crippen molar-refractivity contribution in [3.63, 3.8) is 0 Å². The smallest absolute Gasteiger partial charge is 0.240 e. The van der Waals surface area contributed by atoms with Gasteiger partial charge in [-0.2, -0.15) is 0 Å². The number of aliphatic imine (C=N–C) groups is 1. The van der Waals surface area contributed by atoms with E-state index in [1.165, 1.54) is 7.11 Å². The Hall–Kier alpha value is -0.950. The summed E-state index contributed by atoms with van der Waals surface area (Å²) in [5.41, 5.74) is 0.831. The lowest BCUT2D eigenvalue weighted by Gasteiger charge is -2.17. The fourth-order valence-electron chi connectivity index (χ4n) is 2.09. The maximum absolute atomic E-state index is 12.2. The van der Waals surface area contributed by atoms with E-state index in [4.69, 9.17) is 9.47 Å². The Labute approximate surface area is 173 Å². The molecule has 0 heterocycles. The summed E-state index contributed by atoms with van der Waals surface area (Å²) in [6, 6.07) is 6.87. The first kappa shape index (κ1) is 25.1. The van der Waals surface area contributed by atoms with E-state index in [2.05, 4.69) is 20.3 Å². The molecule has 0 aliphatic heterocycles. The van der Waals surface area contributed by atoms with Gasteiger partial charge in [0.25, 0.3) is 0 Å². The number of methoxy groups -OCH3 is 2. The summed E-state index contributed by atoms with van der Waals surface area (Å²) in [6.07, 6.45) is 0. The molecule has 0 bridgehead atoms. The largest absolute Gasteiger partial charge is 0.383 e. The molecule has 0 fully saturated rings. The van der Waals surface area contributed by atoms with Gasteiger partial charge in [-0.1, -0.05) is 12.1 Å². The van der Waals surface area contributed by atoms with Crippen LogP contribution in [0.15, 0.2) is 34.2 Å². The Morgan fingerprint density at radius 1 is 1.27 bits per heavy atom. The molecule has 0 aromatic heterocycles. The zero-order valence-corrected chi connectivity index (χ0v) is 18.8. The zero-order valence-electron chi connectivity index (χ0n) is 15.6. The number of rotatable bonds is 10. The summed E-state index contributed by atoms with van der Waals surface area (Å²) in [5.74, 6) is 0.621. The normalized spacial score (nSPS) is 13.0. The van der Waals surface area contributed by atoms with Crippen molar-refractivity contribution in [1.29, 1.82) is 0 Å². The van der Waals surface area contributed by atoms with Crippen molar-refractivity contribution in [2.75, 3.05) is 41.0 Å². The van der Waals surface area contributed by atoms with Gasteiger partial charge in [-0.15, -0.1) is 24.0 Å². The first-order valence-corrected chi connectivity index (χ1v) is 9.45. The average Bonchev–Trinajstić information content (AvgIpc) is 2.59. The Morgan fingerprint density at radius 3 is 2.62 bits per heavy atom. The Balaban J connectivity index is 0.00000625. The minimum atomic E-state index is -3.55. The lowest BCUT2D eigenvalue weighted by atomic mass is 10.2. The van der Waals surface area contributed by atoms with E-state index < -0.39 is 10.0 Å². The molecule has 8 nitrogen and oxygen atoms in total. The SMILES string of the molecule is CN=C(NCc1cccc(S(=O)(=O)NCCOC)c1)NC(C)COC.I. The van der Waals surface area contributed by atoms with Crippen LogP contribution < -0.4 is 15.4 Å². The van der Waals surface area contributed by atoms with E-state index in [1.54, 1.807) is 32.4 Å². The molecule has 26 heavy (non-hydrogen) atoms. The third-order valence-corrected chi connectivity index (χ3v) is 4.75. The van der Waals surface area contributed by atoms with Crippen molar-refractivity contribution < 1.29 is 17.9 Å². The molecule has 3 N–H and O–H groups in total. The Bertz CT molecular complexity index is 655. The van der Waals surface area contributed by atoms with Crippen LogP contribution in [0.1, 0.15) is 12.5 Å². The molecule has 0 aliphatic carbocycles. The molecule has 1 unspecified atom stereocenters. The van der Waals surface area contributed by atoms with Crippen molar-refractivity contribution in [3.05, 3.63) is 29.8 Å². The van der Waals surface area contributed by atoms with E-state index in [1.807, 2.05) is 13.0 Å². The van der Waals surface area contributed by atoms with Crippen LogP contribution in [-0.4, -0.2) is 61.4 Å². The third-order valence-electron chi connectivity index (χ3n) is 3.29. The summed E-state index contributed by atoms with van der Waals surface area (Å²) >= 11 is 0. The zero-order chi connectivity index (χ0) is 18.7. The summed E-state index contributed by atoms with van der Waals surface area (Å²) < 4.78 is 36.9. The van der Waals surface area contributed by atoms with Crippen LogP contribution in [-0.2, 0) is 26.0 Å². The predicted molar refractivity (Wildman–Crippen MR) is 114 cm³/mol. The maximum Gasteiger partial charge on any atom is 0.240 e. The van der Waals surface area contributed by atoms with Crippen LogP contribution in [0.2, 0.25) is 0 Å². The number of nitrogens with one attached hydrogen (secondary N) is 3. The van der Waals surface area contributed by atoms with E-state index in [0.717, 1.165) is 5.56 Å². The van der Waals surface area contributed by atoms with Gasteiger partial charge in [-0.05, 0) is 24.6 Å². The number of guanidine groups is 1. The lowest BCUT2D eigenvalue weighted by Crippen LogP contribution is -2.43. The molecule has 0 saturated heterocycles. The van der Waals surface area contributed by atoms with E-state index in [9.17, 15) is 8.42 Å². The van der Waals surface area contributed by atoms with Crippen molar-refractivity contribution >= 4 is 40.0 Å². The molecule has 0 radical (unpaired) electrons. The van der Waals surface area contributed by atoms with Crippen molar-refractivity contribution in [3.8, 4) is 0 Å².